The quantitative estimate of drug-likeness (QED) is 0.188. The summed E-state index contributed by atoms with van der Waals surface area (Å²) in [4.78, 5) is 10.4. The number of nitrogens with one attached hydrogen (secondary N) is 1. The first kappa shape index (κ1) is 35.8. The first-order valence-electron chi connectivity index (χ1n) is 22.1. The zero-order valence-electron chi connectivity index (χ0n) is 35.0. The van der Waals surface area contributed by atoms with Crippen molar-refractivity contribution in [3.8, 4) is 11.4 Å². The van der Waals surface area contributed by atoms with Crippen molar-refractivity contribution in [1.29, 1.82) is 0 Å². The number of hydrogen-bond donors (Lipinski definition) is 1. The van der Waals surface area contributed by atoms with E-state index in [4.69, 9.17) is 14.4 Å². The van der Waals surface area contributed by atoms with Gasteiger partial charge in [0.1, 0.15) is 23.2 Å². The Morgan fingerprint density at radius 2 is 0.969 bits per heavy atom. The minimum atomic E-state index is -0.344. The summed E-state index contributed by atoms with van der Waals surface area (Å²) in [6, 6.07) is 75.7. The SMILES string of the molecule is c1ccc(-n2c3ccccc3c3cc4c5ccccc5n(-c5ccc6c(c5)oc5cc(C7=NC(c8ccc9ccccc9c8)=NC(c8ccc9ccccc9c8)N7)ccc56)c4cc32)cc1. The maximum atomic E-state index is 6.82. The lowest BCUT2D eigenvalue weighted by Crippen LogP contribution is -2.33. The molecule has 3 aromatic heterocycles. The van der Waals surface area contributed by atoms with Gasteiger partial charge in [-0.25, -0.2) is 9.98 Å². The van der Waals surface area contributed by atoms with Crippen molar-refractivity contribution in [3.63, 3.8) is 0 Å². The molecule has 0 fully saturated rings. The van der Waals surface area contributed by atoms with Gasteiger partial charge in [-0.3, -0.25) is 0 Å². The van der Waals surface area contributed by atoms with Crippen molar-refractivity contribution in [3.05, 3.63) is 229 Å². The van der Waals surface area contributed by atoms with Crippen LogP contribution < -0.4 is 5.32 Å². The third-order valence-electron chi connectivity index (χ3n) is 13.3. The Labute approximate surface area is 372 Å². The molecule has 4 heterocycles. The first-order chi connectivity index (χ1) is 32.2. The van der Waals surface area contributed by atoms with Gasteiger partial charge in [0.2, 0.25) is 0 Å². The Morgan fingerprint density at radius 3 is 1.71 bits per heavy atom. The minimum Gasteiger partial charge on any atom is -0.456 e. The van der Waals surface area contributed by atoms with E-state index in [2.05, 4.69) is 227 Å². The molecular weight excluding hydrogens is 795 g/mol. The van der Waals surface area contributed by atoms with Crippen LogP contribution in [0.5, 0.6) is 0 Å². The molecular formula is C59H37N5O. The molecule has 0 aliphatic carbocycles. The molecule has 0 saturated heterocycles. The van der Waals surface area contributed by atoms with Gasteiger partial charge < -0.3 is 18.9 Å². The molecule has 0 bridgehead atoms. The predicted octanol–water partition coefficient (Wildman–Crippen LogP) is 14.6. The lowest BCUT2D eigenvalue weighted by molar-refractivity contribution is 0.666. The Morgan fingerprint density at radius 1 is 0.385 bits per heavy atom. The van der Waals surface area contributed by atoms with E-state index in [1.54, 1.807) is 0 Å². The Bertz CT molecular complexity index is 4170. The molecule has 304 valence electrons. The Hall–Kier alpha value is -8.74. The molecule has 0 spiro atoms. The van der Waals surface area contributed by atoms with Crippen LogP contribution in [0.4, 0.5) is 0 Å². The summed E-state index contributed by atoms with van der Waals surface area (Å²) in [7, 11) is 0. The number of aromatic nitrogens is 2. The lowest BCUT2D eigenvalue weighted by atomic mass is 10.0. The largest absolute Gasteiger partial charge is 0.456 e. The smallest absolute Gasteiger partial charge is 0.159 e. The second kappa shape index (κ2) is 13.9. The molecule has 10 aromatic carbocycles. The molecule has 6 nitrogen and oxygen atoms in total. The number of hydrogen-bond acceptors (Lipinski definition) is 4. The topological polar surface area (TPSA) is 59.8 Å². The van der Waals surface area contributed by atoms with Gasteiger partial charge in [-0.2, -0.15) is 0 Å². The van der Waals surface area contributed by atoms with E-state index in [0.717, 1.165) is 72.3 Å². The van der Waals surface area contributed by atoms with Crippen LogP contribution in [0.2, 0.25) is 0 Å². The maximum absolute atomic E-state index is 6.82. The highest BCUT2D eigenvalue weighted by atomic mass is 16.3. The van der Waals surface area contributed by atoms with E-state index < -0.39 is 0 Å². The van der Waals surface area contributed by atoms with Gasteiger partial charge in [-0.15, -0.1) is 0 Å². The zero-order valence-corrected chi connectivity index (χ0v) is 35.0. The normalized spacial score (nSPS) is 14.3. The molecule has 1 unspecified atom stereocenters. The number of furan rings is 1. The van der Waals surface area contributed by atoms with Crippen molar-refractivity contribution in [1.82, 2.24) is 14.5 Å². The molecule has 0 saturated carbocycles. The number of benzene rings is 10. The molecule has 65 heavy (non-hydrogen) atoms. The molecule has 1 atom stereocenters. The second-order valence-corrected chi connectivity index (χ2v) is 17.0. The number of nitrogens with zero attached hydrogens (tertiary/aromatic N) is 4. The minimum absolute atomic E-state index is 0.344. The third kappa shape index (κ3) is 5.60. The van der Waals surface area contributed by atoms with Crippen LogP contribution in [-0.2, 0) is 0 Å². The number of para-hydroxylation sites is 3. The molecule has 0 amide bonds. The fourth-order valence-electron chi connectivity index (χ4n) is 10.2. The highest BCUT2D eigenvalue weighted by Gasteiger charge is 2.24. The lowest BCUT2D eigenvalue weighted by Gasteiger charge is -2.24. The van der Waals surface area contributed by atoms with Crippen LogP contribution in [0.1, 0.15) is 22.9 Å². The van der Waals surface area contributed by atoms with Gasteiger partial charge in [0, 0.05) is 60.9 Å². The molecule has 6 heteroatoms. The summed E-state index contributed by atoms with van der Waals surface area (Å²) in [5.74, 6) is 1.43. The summed E-state index contributed by atoms with van der Waals surface area (Å²) in [5.41, 5.74) is 11.4. The van der Waals surface area contributed by atoms with Crippen molar-refractivity contribution in [2.24, 2.45) is 9.98 Å². The van der Waals surface area contributed by atoms with E-state index in [0.29, 0.717) is 5.84 Å². The maximum Gasteiger partial charge on any atom is 0.159 e. The summed E-state index contributed by atoms with van der Waals surface area (Å²) in [6.45, 7) is 0. The number of rotatable bonds is 5. The molecule has 1 aliphatic heterocycles. The molecule has 14 rings (SSSR count). The highest BCUT2D eigenvalue weighted by molar-refractivity contribution is 6.20. The van der Waals surface area contributed by atoms with Crippen LogP contribution in [0, 0.1) is 0 Å². The molecule has 13 aromatic rings. The van der Waals surface area contributed by atoms with Crippen molar-refractivity contribution in [2.45, 2.75) is 6.17 Å². The number of aliphatic imine (C=N–C) groups is 2. The average molecular weight is 832 g/mol. The second-order valence-electron chi connectivity index (χ2n) is 17.0. The van der Waals surface area contributed by atoms with Gasteiger partial charge in [0.05, 0.1) is 22.1 Å². The van der Waals surface area contributed by atoms with Gasteiger partial charge >= 0.3 is 0 Å². The summed E-state index contributed by atoms with van der Waals surface area (Å²) >= 11 is 0. The van der Waals surface area contributed by atoms with Crippen LogP contribution in [0.15, 0.2) is 227 Å². The molecule has 1 N–H and O–H groups in total. The van der Waals surface area contributed by atoms with E-state index in [1.165, 1.54) is 48.7 Å². The van der Waals surface area contributed by atoms with Crippen LogP contribution >= 0.6 is 0 Å². The van der Waals surface area contributed by atoms with Crippen LogP contribution in [0.25, 0.3) is 98.5 Å². The van der Waals surface area contributed by atoms with E-state index >= 15 is 0 Å². The first-order valence-corrected chi connectivity index (χ1v) is 22.1. The van der Waals surface area contributed by atoms with Gasteiger partial charge in [-0.1, -0.05) is 133 Å². The summed E-state index contributed by atoms with van der Waals surface area (Å²) in [5, 5.41) is 15.4. The van der Waals surface area contributed by atoms with Crippen LogP contribution in [-0.4, -0.2) is 20.8 Å². The van der Waals surface area contributed by atoms with Gasteiger partial charge in [0.25, 0.3) is 0 Å². The van der Waals surface area contributed by atoms with Gasteiger partial charge in [-0.05, 0) is 99.9 Å². The van der Waals surface area contributed by atoms with Crippen molar-refractivity contribution < 1.29 is 4.42 Å². The fourth-order valence-corrected chi connectivity index (χ4v) is 10.2. The van der Waals surface area contributed by atoms with E-state index in [1.807, 2.05) is 0 Å². The predicted molar refractivity (Wildman–Crippen MR) is 269 cm³/mol. The number of fused-ring (bicyclic) bond motifs is 11. The van der Waals surface area contributed by atoms with E-state index in [9.17, 15) is 0 Å². The Balaban J connectivity index is 0.904. The standard InChI is InChI=1S/C59H37N5O/c1-2-16-43(17-3-1)63-51-20-10-8-18-45(51)49-34-50-46-19-9-11-21-52(46)64(54(50)35-53(49)63)44-27-29-48-47-28-26-42(32-55(47)65-56(48)33-44)59-61-57(40-24-22-36-12-4-6-14-38(36)30-40)60-58(62-59)41-25-23-37-13-5-7-15-39(37)31-41/h1-35,57H,(H,60,61,62). The fraction of sp³-hybridized carbons (Fsp3) is 0.0169. The average Bonchev–Trinajstić information content (AvgIpc) is 4.02. The van der Waals surface area contributed by atoms with Crippen LogP contribution in [0.3, 0.4) is 0 Å². The summed E-state index contributed by atoms with van der Waals surface area (Å²) < 4.78 is 11.6. The molecule has 1 aliphatic rings. The molecule has 0 radical (unpaired) electrons. The monoisotopic (exact) mass is 831 g/mol. The highest BCUT2D eigenvalue weighted by Crippen LogP contribution is 2.41. The van der Waals surface area contributed by atoms with Gasteiger partial charge in [0.15, 0.2) is 5.84 Å². The number of amidine groups is 2. The Kier molecular flexibility index (Phi) is 7.65. The van der Waals surface area contributed by atoms with Crippen molar-refractivity contribution in [2.75, 3.05) is 0 Å². The zero-order chi connectivity index (χ0) is 42.6. The van der Waals surface area contributed by atoms with E-state index in [-0.39, 0.29) is 6.17 Å². The van der Waals surface area contributed by atoms with Crippen molar-refractivity contribution >= 4 is 98.8 Å². The third-order valence-corrected chi connectivity index (χ3v) is 13.3. The summed E-state index contributed by atoms with van der Waals surface area (Å²) in [6.07, 6.45) is -0.344.